The van der Waals surface area contributed by atoms with E-state index in [9.17, 15) is 4.79 Å². The van der Waals surface area contributed by atoms with Crippen molar-refractivity contribution in [1.29, 1.82) is 0 Å². The number of fused-ring (bicyclic) bond motifs is 1. The fraction of sp³-hybridized carbons (Fsp3) is 0.0667. The van der Waals surface area contributed by atoms with Gasteiger partial charge in [0.25, 0.3) is 0 Å². The Hall–Kier alpha value is -2.00. The first-order valence-electron chi connectivity index (χ1n) is 5.80. The number of rotatable bonds is 0. The van der Waals surface area contributed by atoms with E-state index in [0.717, 1.165) is 27.1 Å². The van der Waals surface area contributed by atoms with Crippen molar-refractivity contribution >= 4 is 39.1 Å². The first kappa shape index (κ1) is 9.97. The lowest BCUT2D eigenvalue weighted by Gasteiger charge is -2.01. The van der Waals surface area contributed by atoms with E-state index < -0.39 is 0 Å². The van der Waals surface area contributed by atoms with Gasteiger partial charge in [-0.2, -0.15) is 0 Å². The molecular weight excluding hydrogens is 242 g/mol. The zero-order valence-corrected chi connectivity index (χ0v) is 10.3. The predicted molar refractivity (Wildman–Crippen MR) is 76.9 cm³/mol. The van der Waals surface area contributed by atoms with Crippen LogP contribution in [0.1, 0.15) is 10.4 Å². The van der Waals surface area contributed by atoms with Crippen LogP contribution in [0.15, 0.2) is 45.5 Å². The Morgan fingerprint density at radius 1 is 1.17 bits per heavy atom. The molecule has 0 radical (unpaired) electrons. The summed E-state index contributed by atoms with van der Waals surface area (Å²) >= 11 is 1.63. The maximum absolute atomic E-state index is 12.6. The third kappa shape index (κ3) is 1.22. The van der Waals surface area contributed by atoms with Gasteiger partial charge in [0.15, 0.2) is 5.43 Å². The highest BCUT2D eigenvalue weighted by Gasteiger charge is 2.14. The van der Waals surface area contributed by atoms with Crippen LogP contribution in [-0.4, -0.2) is 6.21 Å². The maximum atomic E-state index is 12.6. The van der Waals surface area contributed by atoms with E-state index in [2.05, 4.69) is 11.1 Å². The topological polar surface area (TPSA) is 29.4 Å². The predicted octanol–water partition coefficient (Wildman–Crippen LogP) is 3.35. The molecule has 0 spiro atoms. The Morgan fingerprint density at radius 3 is 3.00 bits per heavy atom. The molecule has 0 atom stereocenters. The molecule has 3 heteroatoms. The number of nitrogens with zero attached hydrogens (tertiary/aromatic N) is 1. The molecule has 18 heavy (non-hydrogen) atoms. The van der Waals surface area contributed by atoms with Crippen molar-refractivity contribution < 1.29 is 0 Å². The van der Waals surface area contributed by atoms with Crippen LogP contribution >= 0.6 is 11.3 Å². The first-order valence-corrected chi connectivity index (χ1v) is 6.68. The lowest BCUT2D eigenvalue weighted by molar-refractivity contribution is 1.11. The second-order valence-corrected chi connectivity index (χ2v) is 5.40. The molecule has 86 valence electrons. The van der Waals surface area contributed by atoms with Crippen molar-refractivity contribution in [3.05, 3.63) is 56.4 Å². The number of thiophene rings is 1. The quantitative estimate of drug-likeness (QED) is 0.602. The van der Waals surface area contributed by atoms with Crippen LogP contribution in [0.4, 0.5) is 0 Å². The van der Waals surface area contributed by atoms with Crippen LogP contribution in [0.2, 0.25) is 0 Å². The van der Waals surface area contributed by atoms with Gasteiger partial charge >= 0.3 is 0 Å². The van der Waals surface area contributed by atoms with Gasteiger partial charge in [0.05, 0.1) is 6.54 Å². The molecule has 0 saturated carbocycles. The smallest absolute Gasteiger partial charge is 0.195 e. The first-order chi connectivity index (χ1) is 8.84. The van der Waals surface area contributed by atoms with Gasteiger partial charge < -0.3 is 0 Å². The molecule has 0 N–H and O–H groups in total. The molecule has 2 nitrogen and oxygen atoms in total. The Kier molecular flexibility index (Phi) is 1.94. The number of aliphatic imine (C=N–C) groups is 1. The lowest BCUT2D eigenvalue weighted by atomic mass is 10.1. The Morgan fingerprint density at radius 2 is 2.06 bits per heavy atom. The summed E-state index contributed by atoms with van der Waals surface area (Å²) in [4.78, 5) is 18.1. The zero-order chi connectivity index (χ0) is 12.1. The van der Waals surface area contributed by atoms with Crippen LogP contribution in [0.5, 0.6) is 0 Å². The van der Waals surface area contributed by atoms with Crippen LogP contribution in [0, 0.1) is 0 Å². The minimum Gasteiger partial charge on any atom is -0.289 e. The van der Waals surface area contributed by atoms with E-state index >= 15 is 0 Å². The van der Waals surface area contributed by atoms with Crippen molar-refractivity contribution in [3.8, 4) is 0 Å². The molecule has 1 aliphatic heterocycles. The molecule has 2 aromatic carbocycles. The largest absolute Gasteiger partial charge is 0.289 e. The summed E-state index contributed by atoms with van der Waals surface area (Å²) in [5, 5.41) is 5.66. The number of hydrogen-bond donors (Lipinski definition) is 0. The fourth-order valence-electron chi connectivity index (χ4n) is 2.54. The molecule has 1 aliphatic rings. The van der Waals surface area contributed by atoms with E-state index in [4.69, 9.17) is 0 Å². The number of benzene rings is 1. The Labute approximate surface area is 107 Å². The van der Waals surface area contributed by atoms with Crippen molar-refractivity contribution in [2.45, 2.75) is 6.54 Å². The highest BCUT2D eigenvalue weighted by atomic mass is 32.1. The minimum absolute atomic E-state index is 0.129. The molecule has 0 bridgehead atoms. The molecule has 0 saturated heterocycles. The molecule has 0 unspecified atom stereocenters. The standard InChI is InChI=1S/C15H9NOS/c17-15-11-4-2-1-3-9(11)5-10-6-16-7-13-14(10)12(15)8-18-13/h1-6,8H,7H2. The fourth-order valence-corrected chi connectivity index (χ4v) is 3.52. The SMILES string of the molecule is O=c1c2ccccc2cc2c3c(scc13)CN=C2. The van der Waals surface area contributed by atoms with E-state index in [0.29, 0.717) is 6.54 Å². The molecule has 0 fully saturated rings. The number of hydrogen-bond acceptors (Lipinski definition) is 3. The molecular formula is C15H9NOS. The lowest BCUT2D eigenvalue weighted by Crippen LogP contribution is -1.97. The van der Waals surface area contributed by atoms with Crippen LogP contribution < -0.4 is 5.43 Å². The van der Waals surface area contributed by atoms with E-state index in [1.54, 1.807) is 11.3 Å². The average molecular weight is 251 g/mol. The second kappa shape index (κ2) is 3.50. The Balaban J connectivity index is 2.40. The summed E-state index contributed by atoms with van der Waals surface area (Å²) in [7, 11) is 0. The summed E-state index contributed by atoms with van der Waals surface area (Å²) < 4.78 is 0. The summed E-state index contributed by atoms with van der Waals surface area (Å²) in [6.07, 6.45) is 1.88. The molecule has 1 aromatic heterocycles. The summed E-state index contributed by atoms with van der Waals surface area (Å²) in [5.41, 5.74) is 1.19. The van der Waals surface area contributed by atoms with Gasteiger partial charge in [0.1, 0.15) is 0 Å². The van der Waals surface area contributed by atoms with Crippen molar-refractivity contribution in [2.75, 3.05) is 0 Å². The zero-order valence-electron chi connectivity index (χ0n) is 9.51. The molecule has 4 rings (SSSR count). The third-order valence-electron chi connectivity index (χ3n) is 3.38. The van der Waals surface area contributed by atoms with Gasteiger partial charge in [0.2, 0.25) is 0 Å². The molecule has 0 amide bonds. The van der Waals surface area contributed by atoms with Gasteiger partial charge in [-0.25, -0.2) is 0 Å². The Bertz CT molecular complexity index is 877. The molecule has 0 aliphatic carbocycles. The minimum atomic E-state index is 0.129. The van der Waals surface area contributed by atoms with E-state index in [-0.39, 0.29) is 5.43 Å². The second-order valence-electron chi connectivity index (χ2n) is 4.43. The highest BCUT2D eigenvalue weighted by Crippen LogP contribution is 2.30. The maximum Gasteiger partial charge on any atom is 0.195 e. The third-order valence-corrected chi connectivity index (χ3v) is 4.35. The van der Waals surface area contributed by atoms with Crippen molar-refractivity contribution in [3.63, 3.8) is 0 Å². The van der Waals surface area contributed by atoms with Crippen LogP contribution in [0.3, 0.4) is 0 Å². The van der Waals surface area contributed by atoms with Crippen LogP contribution in [-0.2, 0) is 6.54 Å². The van der Waals surface area contributed by atoms with Gasteiger partial charge in [-0.1, -0.05) is 24.3 Å². The van der Waals surface area contributed by atoms with Crippen LogP contribution in [0.25, 0.3) is 21.5 Å². The summed E-state index contributed by atoms with van der Waals surface area (Å²) in [6, 6.07) is 9.82. The van der Waals surface area contributed by atoms with Crippen molar-refractivity contribution in [1.82, 2.24) is 0 Å². The van der Waals surface area contributed by atoms with Gasteiger partial charge in [0, 0.05) is 38.2 Å². The highest BCUT2D eigenvalue weighted by molar-refractivity contribution is 7.11. The monoisotopic (exact) mass is 251 g/mol. The van der Waals surface area contributed by atoms with Gasteiger partial charge in [-0.15, -0.1) is 11.3 Å². The van der Waals surface area contributed by atoms with E-state index in [1.165, 1.54) is 4.88 Å². The summed E-state index contributed by atoms with van der Waals surface area (Å²) in [6.45, 7) is 0.695. The molecule has 2 heterocycles. The normalized spacial score (nSPS) is 13.3. The van der Waals surface area contributed by atoms with Gasteiger partial charge in [-0.05, 0) is 11.5 Å². The molecule has 3 aromatic rings. The van der Waals surface area contributed by atoms with Crippen molar-refractivity contribution in [2.24, 2.45) is 4.99 Å². The van der Waals surface area contributed by atoms with Gasteiger partial charge in [-0.3, -0.25) is 9.79 Å². The van der Waals surface area contributed by atoms with E-state index in [1.807, 2.05) is 35.9 Å². The summed E-state index contributed by atoms with van der Waals surface area (Å²) in [5.74, 6) is 0. The average Bonchev–Trinajstić information content (AvgIpc) is 2.78.